The average molecular weight is 373 g/mol. The summed E-state index contributed by atoms with van der Waals surface area (Å²) in [6, 6.07) is 14.7. The molecule has 0 unspecified atom stereocenters. The van der Waals surface area contributed by atoms with Gasteiger partial charge >= 0.3 is 0 Å². The number of hydrogen-bond donors (Lipinski definition) is 2. The predicted molar refractivity (Wildman–Crippen MR) is 103 cm³/mol. The van der Waals surface area contributed by atoms with E-state index >= 15 is 0 Å². The van der Waals surface area contributed by atoms with Gasteiger partial charge in [0.15, 0.2) is 6.61 Å². The van der Waals surface area contributed by atoms with Crippen LogP contribution in [-0.4, -0.2) is 18.4 Å². The molecule has 2 amide bonds. The summed E-state index contributed by atoms with van der Waals surface area (Å²) in [5.41, 5.74) is 6.48. The number of amides is 2. The van der Waals surface area contributed by atoms with Gasteiger partial charge < -0.3 is 4.74 Å². The van der Waals surface area contributed by atoms with Crippen molar-refractivity contribution in [1.82, 2.24) is 10.9 Å². The number of carbonyl (C=O) groups excluding carboxylic acids is 2. The van der Waals surface area contributed by atoms with Crippen molar-refractivity contribution in [2.24, 2.45) is 0 Å². The van der Waals surface area contributed by atoms with Gasteiger partial charge in [-0.25, -0.2) is 0 Å². The minimum absolute atomic E-state index is 0.199. The van der Waals surface area contributed by atoms with Crippen LogP contribution in [0.5, 0.6) is 5.75 Å². The third kappa shape index (κ3) is 6.26. The molecule has 5 nitrogen and oxygen atoms in total. The van der Waals surface area contributed by atoms with Crippen molar-refractivity contribution in [2.75, 3.05) is 6.61 Å². The number of nitrogens with one attached hydrogen (secondary N) is 2. The van der Waals surface area contributed by atoms with Crippen molar-refractivity contribution in [3.05, 3.63) is 70.8 Å². The summed E-state index contributed by atoms with van der Waals surface area (Å²) in [7, 11) is 0. The van der Waals surface area contributed by atoms with Crippen LogP contribution >= 0.6 is 11.6 Å². The average Bonchev–Trinajstić information content (AvgIpc) is 2.64. The van der Waals surface area contributed by atoms with Gasteiger partial charge in [-0.3, -0.25) is 20.4 Å². The number of hydrogen-bond acceptors (Lipinski definition) is 3. The lowest BCUT2D eigenvalue weighted by atomic mass is 10.0. The quantitative estimate of drug-likeness (QED) is 0.600. The Balaban J connectivity index is 1.74. The number of carbonyl (C=O) groups is 2. The van der Waals surface area contributed by atoms with Gasteiger partial charge in [0, 0.05) is 11.1 Å². The van der Waals surface area contributed by atoms with Crippen molar-refractivity contribution in [3.8, 4) is 5.75 Å². The lowest BCUT2D eigenvalue weighted by molar-refractivity contribution is -0.128. The van der Waals surface area contributed by atoms with E-state index in [9.17, 15) is 9.59 Å². The Kier molecular flexibility index (Phi) is 7.24. The second-order valence-electron chi connectivity index (χ2n) is 5.90. The van der Waals surface area contributed by atoms with Crippen molar-refractivity contribution < 1.29 is 14.3 Å². The first-order chi connectivity index (χ1) is 12.5. The number of rotatable bonds is 6. The zero-order valence-corrected chi connectivity index (χ0v) is 15.4. The lowest BCUT2D eigenvalue weighted by Crippen LogP contribution is -2.43. The summed E-state index contributed by atoms with van der Waals surface area (Å²) in [6.07, 6.45) is 2.85. The lowest BCUT2D eigenvalue weighted by Gasteiger charge is -2.09. The fourth-order valence-electron chi connectivity index (χ4n) is 2.08. The standard InChI is InChI=1S/C20H21ClN2O3/c1-14(2)15-7-10-17(11-8-15)26-13-20(25)23-22-19(24)12-9-16-5-3-4-6-18(16)21/h3-12,14H,13H2,1-2H3,(H,22,24)(H,23,25)/b12-9+. The van der Waals surface area contributed by atoms with Crippen LogP contribution in [0.2, 0.25) is 5.02 Å². The predicted octanol–water partition coefficient (Wildman–Crippen LogP) is 3.70. The molecule has 2 aromatic rings. The molecule has 2 aromatic carbocycles. The summed E-state index contributed by atoms with van der Waals surface area (Å²) >= 11 is 5.99. The molecule has 0 atom stereocenters. The topological polar surface area (TPSA) is 67.4 Å². The maximum Gasteiger partial charge on any atom is 0.276 e. The highest BCUT2D eigenvalue weighted by Gasteiger charge is 2.05. The highest BCUT2D eigenvalue weighted by molar-refractivity contribution is 6.32. The maximum absolute atomic E-state index is 11.7. The molecule has 0 saturated heterocycles. The highest BCUT2D eigenvalue weighted by Crippen LogP contribution is 2.18. The second-order valence-corrected chi connectivity index (χ2v) is 6.31. The summed E-state index contributed by atoms with van der Waals surface area (Å²) in [5.74, 6) is 0.0906. The molecule has 6 heteroatoms. The van der Waals surface area contributed by atoms with E-state index in [-0.39, 0.29) is 6.61 Å². The molecular weight excluding hydrogens is 352 g/mol. The van der Waals surface area contributed by atoms with Crippen LogP contribution in [0.1, 0.15) is 30.9 Å². The Morgan fingerprint density at radius 3 is 2.42 bits per heavy atom. The van der Waals surface area contributed by atoms with Crippen LogP contribution < -0.4 is 15.6 Å². The molecule has 2 N–H and O–H groups in total. The van der Waals surface area contributed by atoms with Gasteiger partial charge in [0.25, 0.3) is 11.8 Å². The van der Waals surface area contributed by atoms with E-state index in [1.165, 1.54) is 11.6 Å². The molecule has 136 valence electrons. The van der Waals surface area contributed by atoms with E-state index in [1.54, 1.807) is 24.3 Å². The largest absolute Gasteiger partial charge is 0.484 e. The number of ether oxygens (including phenoxy) is 1. The van der Waals surface area contributed by atoms with E-state index in [1.807, 2.05) is 30.3 Å². The third-order valence-electron chi connectivity index (χ3n) is 3.56. The minimum Gasteiger partial charge on any atom is -0.484 e. The fraction of sp³-hybridized carbons (Fsp3) is 0.200. The molecule has 0 spiro atoms. The first-order valence-electron chi connectivity index (χ1n) is 8.20. The number of hydrazine groups is 1. The van der Waals surface area contributed by atoms with Gasteiger partial charge in [0.05, 0.1) is 0 Å². The van der Waals surface area contributed by atoms with E-state index in [0.717, 1.165) is 0 Å². The van der Waals surface area contributed by atoms with E-state index < -0.39 is 11.8 Å². The Labute approximate surface area is 158 Å². The van der Waals surface area contributed by atoms with Crippen LogP contribution in [0, 0.1) is 0 Å². The Morgan fingerprint density at radius 1 is 1.08 bits per heavy atom. The van der Waals surface area contributed by atoms with Crippen molar-refractivity contribution in [1.29, 1.82) is 0 Å². The summed E-state index contributed by atoms with van der Waals surface area (Å²) < 4.78 is 5.38. The third-order valence-corrected chi connectivity index (χ3v) is 3.91. The first-order valence-corrected chi connectivity index (χ1v) is 8.57. The van der Waals surface area contributed by atoms with Gasteiger partial charge in [-0.15, -0.1) is 0 Å². The second kappa shape index (κ2) is 9.63. The Bertz CT molecular complexity index is 786. The molecule has 0 bridgehead atoms. The molecule has 0 heterocycles. The molecule has 0 aliphatic rings. The molecule has 0 saturated carbocycles. The van der Waals surface area contributed by atoms with Gasteiger partial charge in [-0.05, 0) is 41.3 Å². The van der Waals surface area contributed by atoms with E-state index in [0.29, 0.717) is 22.3 Å². The zero-order valence-electron chi connectivity index (χ0n) is 14.7. The smallest absolute Gasteiger partial charge is 0.276 e. The molecule has 2 rings (SSSR count). The molecule has 0 radical (unpaired) electrons. The van der Waals surface area contributed by atoms with Crippen LogP contribution in [0.15, 0.2) is 54.6 Å². The molecule has 0 aromatic heterocycles. The number of benzene rings is 2. The monoisotopic (exact) mass is 372 g/mol. The zero-order chi connectivity index (χ0) is 18.9. The summed E-state index contributed by atoms with van der Waals surface area (Å²) in [4.78, 5) is 23.4. The molecule has 0 aliphatic carbocycles. The minimum atomic E-state index is -0.473. The molecular formula is C20H21ClN2O3. The number of halogens is 1. The first kappa shape index (κ1) is 19.5. The Hall–Kier alpha value is -2.79. The van der Waals surface area contributed by atoms with Gasteiger partial charge in [-0.1, -0.05) is 55.8 Å². The Morgan fingerprint density at radius 2 is 1.77 bits per heavy atom. The maximum atomic E-state index is 11.7. The molecule has 0 aliphatic heterocycles. The normalized spacial score (nSPS) is 10.8. The van der Waals surface area contributed by atoms with Crippen LogP contribution in [0.3, 0.4) is 0 Å². The van der Waals surface area contributed by atoms with E-state index in [4.69, 9.17) is 16.3 Å². The fourth-order valence-corrected chi connectivity index (χ4v) is 2.28. The SMILES string of the molecule is CC(C)c1ccc(OCC(=O)NNC(=O)/C=C/c2ccccc2Cl)cc1. The van der Waals surface area contributed by atoms with Crippen molar-refractivity contribution >= 4 is 29.5 Å². The highest BCUT2D eigenvalue weighted by atomic mass is 35.5. The molecule has 0 fully saturated rings. The summed E-state index contributed by atoms with van der Waals surface area (Å²) in [5, 5.41) is 0.539. The van der Waals surface area contributed by atoms with Crippen LogP contribution in [0.25, 0.3) is 6.08 Å². The van der Waals surface area contributed by atoms with Gasteiger partial charge in [-0.2, -0.15) is 0 Å². The van der Waals surface area contributed by atoms with Crippen LogP contribution in [-0.2, 0) is 9.59 Å². The van der Waals surface area contributed by atoms with E-state index in [2.05, 4.69) is 24.7 Å². The molecule has 26 heavy (non-hydrogen) atoms. The summed E-state index contributed by atoms with van der Waals surface area (Å²) in [6.45, 7) is 4.01. The van der Waals surface area contributed by atoms with Gasteiger partial charge in [0.1, 0.15) is 5.75 Å². The van der Waals surface area contributed by atoms with Crippen LogP contribution in [0.4, 0.5) is 0 Å². The van der Waals surface area contributed by atoms with Crippen molar-refractivity contribution in [3.63, 3.8) is 0 Å². The van der Waals surface area contributed by atoms with Gasteiger partial charge in [0.2, 0.25) is 0 Å². The van der Waals surface area contributed by atoms with Crippen molar-refractivity contribution in [2.45, 2.75) is 19.8 Å².